The van der Waals surface area contributed by atoms with E-state index in [4.69, 9.17) is 15.2 Å². The zero-order valence-corrected chi connectivity index (χ0v) is 9.59. The van der Waals surface area contributed by atoms with Crippen LogP contribution < -0.4 is 15.2 Å². The molecule has 1 heterocycles. The Kier molecular flexibility index (Phi) is 3.57. The smallest absolute Gasteiger partial charge is 0.219 e. The van der Waals surface area contributed by atoms with E-state index >= 15 is 0 Å². The van der Waals surface area contributed by atoms with E-state index in [1.54, 1.807) is 25.4 Å². The highest BCUT2D eigenvalue weighted by atomic mass is 16.5. The zero-order chi connectivity index (χ0) is 12.1. The number of aromatic nitrogens is 1. The van der Waals surface area contributed by atoms with Crippen LogP contribution in [0.15, 0.2) is 42.6 Å². The molecule has 0 unspecified atom stereocenters. The summed E-state index contributed by atoms with van der Waals surface area (Å²) < 4.78 is 10.6. The van der Waals surface area contributed by atoms with Crippen LogP contribution in [0.25, 0.3) is 0 Å². The van der Waals surface area contributed by atoms with Gasteiger partial charge in [-0.1, -0.05) is 12.1 Å². The Balaban J connectivity index is 2.13. The molecule has 0 atom stereocenters. The highest BCUT2D eigenvalue weighted by molar-refractivity contribution is 5.32. The molecule has 0 saturated carbocycles. The largest absolute Gasteiger partial charge is 0.495 e. The molecule has 1 aromatic carbocycles. The predicted molar refractivity (Wildman–Crippen MR) is 65.2 cm³/mol. The number of hydrogen-bond acceptors (Lipinski definition) is 4. The number of nitrogens with two attached hydrogens (primary N) is 1. The van der Waals surface area contributed by atoms with Gasteiger partial charge in [-0.05, 0) is 23.8 Å². The summed E-state index contributed by atoms with van der Waals surface area (Å²) in [5, 5.41) is 0. The van der Waals surface area contributed by atoms with Crippen LogP contribution in [0.5, 0.6) is 17.4 Å². The van der Waals surface area contributed by atoms with E-state index in [0.29, 0.717) is 18.2 Å². The maximum Gasteiger partial charge on any atom is 0.219 e. The van der Waals surface area contributed by atoms with Gasteiger partial charge in [0.1, 0.15) is 11.5 Å². The molecule has 0 aliphatic carbocycles. The van der Waals surface area contributed by atoms with E-state index in [1.165, 1.54) is 0 Å². The number of methoxy groups -OCH3 is 1. The van der Waals surface area contributed by atoms with Crippen molar-refractivity contribution in [3.8, 4) is 17.4 Å². The van der Waals surface area contributed by atoms with Crippen LogP contribution in [0.3, 0.4) is 0 Å². The lowest BCUT2D eigenvalue weighted by Gasteiger charge is -2.06. The fourth-order valence-corrected chi connectivity index (χ4v) is 1.40. The number of nitrogens with zero attached hydrogens (tertiary/aromatic N) is 1. The molecule has 2 aromatic rings. The summed E-state index contributed by atoms with van der Waals surface area (Å²) in [6, 6.07) is 11.2. The van der Waals surface area contributed by atoms with Crippen molar-refractivity contribution < 1.29 is 9.47 Å². The van der Waals surface area contributed by atoms with Crippen molar-refractivity contribution in [3.63, 3.8) is 0 Å². The molecule has 0 saturated heterocycles. The first-order chi connectivity index (χ1) is 8.31. The summed E-state index contributed by atoms with van der Waals surface area (Å²) in [7, 11) is 1.60. The van der Waals surface area contributed by atoms with Crippen molar-refractivity contribution in [2.75, 3.05) is 7.11 Å². The van der Waals surface area contributed by atoms with E-state index in [1.807, 2.05) is 24.3 Å². The first kappa shape index (κ1) is 11.4. The van der Waals surface area contributed by atoms with Crippen LogP contribution >= 0.6 is 0 Å². The lowest BCUT2D eigenvalue weighted by atomic mass is 10.2. The second kappa shape index (κ2) is 5.32. The Morgan fingerprint density at radius 2 is 2.06 bits per heavy atom. The average Bonchev–Trinajstić information content (AvgIpc) is 2.40. The second-order valence-corrected chi connectivity index (χ2v) is 3.49. The van der Waals surface area contributed by atoms with E-state index < -0.39 is 0 Å². The van der Waals surface area contributed by atoms with Crippen molar-refractivity contribution in [1.82, 2.24) is 4.98 Å². The minimum atomic E-state index is 0.493. The van der Waals surface area contributed by atoms with Gasteiger partial charge in [0, 0.05) is 12.6 Å². The Labute approximate surface area is 100 Å². The van der Waals surface area contributed by atoms with Gasteiger partial charge in [0.25, 0.3) is 0 Å². The summed E-state index contributed by atoms with van der Waals surface area (Å²) in [6.07, 6.45) is 1.61. The number of hydrogen-bond donors (Lipinski definition) is 1. The third kappa shape index (κ3) is 2.95. The fourth-order valence-electron chi connectivity index (χ4n) is 1.40. The van der Waals surface area contributed by atoms with Gasteiger partial charge < -0.3 is 15.2 Å². The summed E-state index contributed by atoms with van der Waals surface area (Å²) in [6.45, 7) is 0.493. The number of ether oxygens (including phenoxy) is 2. The fraction of sp³-hybridized carbons (Fsp3) is 0.154. The van der Waals surface area contributed by atoms with Crippen LogP contribution in [0, 0.1) is 0 Å². The van der Waals surface area contributed by atoms with Gasteiger partial charge in [-0.25, -0.2) is 4.98 Å². The molecule has 2 N–H and O–H groups in total. The minimum Gasteiger partial charge on any atom is -0.495 e. The summed E-state index contributed by atoms with van der Waals surface area (Å²) in [5.41, 5.74) is 6.59. The molecule has 0 aliphatic heterocycles. The molecule has 2 rings (SSSR count). The quantitative estimate of drug-likeness (QED) is 0.875. The second-order valence-electron chi connectivity index (χ2n) is 3.49. The highest BCUT2D eigenvalue weighted by Crippen LogP contribution is 2.21. The molecule has 0 amide bonds. The predicted octanol–water partition coefficient (Wildman–Crippen LogP) is 2.34. The van der Waals surface area contributed by atoms with E-state index in [-0.39, 0.29) is 0 Å². The molecule has 1 aromatic heterocycles. The molecule has 0 spiro atoms. The van der Waals surface area contributed by atoms with Crippen LogP contribution in [0.2, 0.25) is 0 Å². The number of benzene rings is 1. The normalized spacial score (nSPS) is 10.0. The minimum absolute atomic E-state index is 0.493. The molecule has 88 valence electrons. The van der Waals surface area contributed by atoms with Crippen LogP contribution in [-0.4, -0.2) is 12.1 Å². The molecule has 4 heteroatoms. The summed E-state index contributed by atoms with van der Waals surface area (Å²) in [4.78, 5) is 4.12. The first-order valence-electron chi connectivity index (χ1n) is 5.28. The van der Waals surface area contributed by atoms with E-state index in [2.05, 4.69) is 4.98 Å². The Morgan fingerprint density at radius 3 is 2.71 bits per heavy atom. The summed E-state index contributed by atoms with van der Waals surface area (Å²) >= 11 is 0. The zero-order valence-electron chi connectivity index (χ0n) is 9.59. The number of pyridine rings is 1. The molecule has 0 bridgehead atoms. The van der Waals surface area contributed by atoms with Gasteiger partial charge in [0.05, 0.1) is 13.3 Å². The van der Waals surface area contributed by atoms with Crippen LogP contribution in [0.4, 0.5) is 0 Å². The van der Waals surface area contributed by atoms with E-state index in [9.17, 15) is 0 Å². The topological polar surface area (TPSA) is 57.4 Å². The molecule has 17 heavy (non-hydrogen) atoms. The monoisotopic (exact) mass is 230 g/mol. The van der Waals surface area contributed by atoms with Crippen LogP contribution in [0.1, 0.15) is 5.56 Å². The van der Waals surface area contributed by atoms with E-state index in [0.717, 1.165) is 11.3 Å². The molecular weight excluding hydrogens is 216 g/mol. The van der Waals surface area contributed by atoms with Crippen molar-refractivity contribution >= 4 is 0 Å². The molecule has 4 nitrogen and oxygen atoms in total. The molecule has 0 radical (unpaired) electrons. The maximum absolute atomic E-state index is 5.60. The Morgan fingerprint density at radius 1 is 1.18 bits per heavy atom. The van der Waals surface area contributed by atoms with Gasteiger partial charge in [-0.3, -0.25) is 0 Å². The maximum atomic E-state index is 5.60. The van der Waals surface area contributed by atoms with Gasteiger partial charge in [-0.15, -0.1) is 0 Å². The van der Waals surface area contributed by atoms with Crippen molar-refractivity contribution in [3.05, 3.63) is 48.2 Å². The lowest BCUT2D eigenvalue weighted by molar-refractivity contribution is 0.407. The highest BCUT2D eigenvalue weighted by Gasteiger charge is 2.00. The van der Waals surface area contributed by atoms with Crippen molar-refractivity contribution in [1.29, 1.82) is 0 Å². The standard InChI is InChI=1S/C13H14N2O2/c1-16-12-5-6-13(15-9-12)17-11-4-2-3-10(7-11)8-14/h2-7,9H,8,14H2,1H3. The molecular formula is C13H14N2O2. The molecule has 0 fully saturated rings. The lowest BCUT2D eigenvalue weighted by Crippen LogP contribution is -1.96. The van der Waals surface area contributed by atoms with Gasteiger partial charge in [0.15, 0.2) is 0 Å². The van der Waals surface area contributed by atoms with Crippen LogP contribution in [-0.2, 0) is 6.54 Å². The molecule has 0 aliphatic rings. The van der Waals surface area contributed by atoms with Crippen molar-refractivity contribution in [2.24, 2.45) is 5.73 Å². The third-order valence-electron chi connectivity index (χ3n) is 2.30. The van der Waals surface area contributed by atoms with Gasteiger partial charge >= 0.3 is 0 Å². The van der Waals surface area contributed by atoms with Gasteiger partial charge in [0.2, 0.25) is 5.88 Å². The third-order valence-corrected chi connectivity index (χ3v) is 2.30. The Bertz CT molecular complexity index is 483. The van der Waals surface area contributed by atoms with Gasteiger partial charge in [-0.2, -0.15) is 0 Å². The first-order valence-corrected chi connectivity index (χ1v) is 5.28. The summed E-state index contributed by atoms with van der Waals surface area (Å²) in [5.74, 6) is 1.96. The number of rotatable bonds is 4. The Hall–Kier alpha value is -2.07. The SMILES string of the molecule is COc1ccc(Oc2cccc(CN)c2)nc1. The van der Waals surface area contributed by atoms with Crippen molar-refractivity contribution in [2.45, 2.75) is 6.54 Å². The average molecular weight is 230 g/mol.